The van der Waals surface area contributed by atoms with Gasteiger partial charge in [0.05, 0.1) is 14.2 Å². The Balaban J connectivity index is 1.46. The number of rotatable bonds is 9. The monoisotopic (exact) mass is 403 g/mol. The van der Waals surface area contributed by atoms with Crippen LogP contribution in [0, 0.1) is 0 Å². The summed E-state index contributed by atoms with van der Waals surface area (Å²) in [5.74, 6) is 2.57. The third-order valence-corrected chi connectivity index (χ3v) is 6.04. The van der Waals surface area contributed by atoms with E-state index in [0.29, 0.717) is 12.1 Å². The third-order valence-electron chi connectivity index (χ3n) is 6.04. The molecular weight excluding hydrogens is 366 g/mol. The second-order valence-corrected chi connectivity index (χ2v) is 8.28. The van der Waals surface area contributed by atoms with Gasteiger partial charge in [-0.15, -0.1) is 0 Å². The van der Waals surface area contributed by atoms with Gasteiger partial charge in [-0.2, -0.15) is 0 Å². The lowest BCUT2D eigenvalue weighted by molar-refractivity contribution is 0.247. The molecule has 1 aliphatic carbocycles. The number of nitrogens with one attached hydrogen (secondary N) is 2. The molecule has 7 heteroatoms. The molecule has 29 heavy (non-hydrogen) atoms. The zero-order valence-electron chi connectivity index (χ0n) is 18.6. The van der Waals surface area contributed by atoms with Crippen molar-refractivity contribution in [1.29, 1.82) is 0 Å². The highest BCUT2D eigenvalue weighted by Crippen LogP contribution is 2.27. The molecule has 0 amide bonds. The van der Waals surface area contributed by atoms with E-state index in [4.69, 9.17) is 9.47 Å². The molecule has 0 aromatic heterocycles. The number of hydrogen-bond acceptors (Lipinski definition) is 5. The molecule has 2 fully saturated rings. The van der Waals surface area contributed by atoms with Crippen molar-refractivity contribution in [3.8, 4) is 11.5 Å². The molecular formula is C22H37N5O2. The Morgan fingerprint density at radius 3 is 2.48 bits per heavy atom. The molecule has 2 unspecified atom stereocenters. The lowest BCUT2D eigenvalue weighted by Gasteiger charge is -2.26. The first-order valence-corrected chi connectivity index (χ1v) is 10.7. The largest absolute Gasteiger partial charge is 0.497 e. The van der Waals surface area contributed by atoms with Crippen LogP contribution in [0.15, 0.2) is 23.2 Å². The standard InChI is InChI=1S/C22H37N5O2/c1-16(26(3)19-6-7-19)13-24-22(23-2)25-18-8-9-27(15-18)14-17-10-20(28-4)12-21(11-17)29-5/h10-12,16,18-19H,6-9,13-15H2,1-5H3,(H2,23,24,25). The molecule has 1 aromatic rings. The molecule has 1 aliphatic heterocycles. The van der Waals surface area contributed by atoms with Crippen LogP contribution < -0.4 is 20.1 Å². The van der Waals surface area contributed by atoms with E-state index < -0.39 is 0 Å². The highest BCUT2D eigenvalue weighted by atomic mass is 16.5. The van der Waals surface area contributed by atoms with Crippen molar-refractivity contribution < 1.29 is 9.47 Å². The Morgan fingerprint density at radius 2 is 1.90 bits per heavy atom. The number of likely N-dealkylation sites (N-methyl/N-ethyl adjacent to an activating group) is 1. The lowest BCUT2D eigenvalue weighted by atomic mass is 10.2. The predicted octanol–water partition coefficient (Wildman–Crippen LogP) is 1.93. The Labute approximate surface area is 175 Å². The van der Waals surface area contributed by atoms with Crippen LogP contribution >= 0.6 is 0 Å². The SMILES string of the molecule is CN=C(NCC(C)N(C)C1CC1)NC1CCN(Cc2cc(OC)cc(OC)c2)C1. The van der Waals surface area contributed by atoms with Crippen molar-refractivity contribution in [3.63, 3.8) is 0 Å². The third kappa shape index (κ3) is 6.24. The van der Waals surface area contributed by atoms with Crippen LogP contribution in [0.3, 0.4) is 0 Å². The minimum atomic E-state index is 0.408. The van der Waals surface area contributed by atoms with Crippen LogP contribution in [0.5, 0.6) is 11.5 Å². The van der Waals surface area contributed by atoms with Gasteiger partial charge in [-0.1, -0.05) is 0 Å². The van der Waals surface area contributed by atoms with Crippen LogP contribution in [0.4, 0.5) is 0 Å². The van der Waals surface area contributed by atoms with E-state index in [0.717, 1.165) is 56.1 Å². The Morgan fingerprint density at radius 1 is 1.21 bits per heavy atom. The van der Waals surface area contributed by atoms with Crippen molar-refractivity contribution in [1.82, 2.24) is 20.4 Å². The summed E-state index contributed by atoms with van der Waals surface area (Å²) in [6.45, 7) is 6.14. The van der Waals surface area contributed by atoms with Crippen LogP contribution in [0.25, 0.3) is 0 Å². The number of benzene rings is 1. The van der Waals surface area contributed by atoms with Gasteiger partial charge in [-0.25, -0.2) is 0 Å². The van der Waals surface area contributed by atoms with E-state index in [1.54, 1.807) is 14.2 Å². The molecule has 0 bridgehead atoms. The van der Waals surface area contributed by atoms with E-state index in [9.17, 15) is 0 Å². The quantitative estimate of drug-likeness (QED) is 0.485. The van der Waals surface area contributed by atoms with E-state index >= 15 is 0 Å². The second-order valence-electron chi connectivity index (χ2n) is 8.28. The zero-order valence-corrected chi connectivity index (χ0v) is 18.6. The molecule has 1 saturated carbocycles. The molecule has 2 aliphatic rings. The number of hydrogen-bond donors (Lipinski definition) is 2. The molecule has 1 aromatic carbocycles. The summed E-state index contributed by atoms with van der Waals surface area (Å²) in [6.07, 6.45) is 3.79. The smallest absolute Gasteiger partial charge is 0.191 e. The van der Waals surface area contributed by atoms with Gasteiger partial charge in [0.15, 0.2) is 5.96 Å². The Hall–Kier alpha value is -1.99. The van der Waals surface area contributed by atoms with Gasteiger partial charge in [0.1, 0.15) is 11.5 Å². The first-order valence-electron chi connectivity index (χ1n) is 10.7. The number of nitrogens with zero attached hydrogens (tertiary/aromatic N) is 3. The summed E-state index contributed by atoms with van der Waals surface area (Å²) in [4.78, 5) is 9.36. The maximum Gasteiger partial charge on any atom is 0.191 e. The summed E-state index contributed by atoms with van der Waals surface area (Å²) in [7, 11) is 7.45. The van der Waals surface area contributed by atoms with E-state index in [1.807, 2.05) is 13.1 Å². The summed E-state index contributed by atoms with van der Waals surface area (Å²) < 4.78 is 10.8. The average Bonchev–Trinajstić information content (AvgIpc) is 3.50. The van der Waals surface area contributed by atoms with Crippen molar-refractivity contribution in [2.75, 3.05) is 47.9 Å². The van der Waals surface area contributed by atoms with E-state index in [2.05, 4.69) is 51.5 Å². The second kappa shape index (κ2) is 10.2. The maximum absolute atomic E-state index is 5.39. The van der Waals surface area contributed by atoms with Gasteiger partial charge in [-0.3, -0.25) is 14.8 Å². The Kier molecular flexibility index (Phi) is 7.61. The summed E-state index contributed by atoms with van der Waals surface area (Å²) in [5, 5.41) is 7.09. The predicted molar refractivity (Wildman–Crippen MR) is 118 cm³/mol. The molecule has 2 atom stereocenters. The summed E-state index contributed by atoms with van der Waals surface area (Å²) in [5.41, 5.74) is 1.21. The van der Waals surface area contributed by atoms with Gasteiger partial charge < -0.3 is 20.1 Å². The van der Waals surface area contributed by atoms with Gasteiger partial charge in [0.25, 0.3) is 0 Å². The van der Waals surface area contributed by atoms with Crippen LogP contribution in [-0.2, 0) is 6.54 Å². The molecule has 0 radical (unpaired) electrons. The molecule has 3 rings (SSSR count). The lowest BCUT2D eigenvalue weighted by Crippen LogP contribution is -2.48. The normalized spacial score (nSPS) is 21.3. The number of guanidine groups is 1. The highest BCUT2D eigenvalue weighted by Gasteiger charge is 2.29. The number of ether oxygens (including phenoxy) is 2. The molecule has 1 heterocycles. The van der Waals surface area contributed by atoms with Gasteiger partial charge >= 0.3 is 0 Å². The average molecular weight is 404 g/mol. The summed E-state index contributed by atoms with van der Waals surface area (Å²) in [6, 6.07) is 7.77. The number of likely N-dealkylation sites (tertiary alicyclic amines) is 1. The molecule has 2 N–H and O–H groups in total. The number of methoxy groups -OCH3 is 2. The molecule has 7 nitrogen and oxygen atoms in total. The van der Waals surface area contributed by atoms with Gasteiger partial charge in [0.2, 0.25) is 0 Å². The minimum absolute atomic E-state index is 0.408. The first-order chi connectivity index (χ1) is 14.0. The minimum Gasteiger partial charge on any atom is -0.497 e. The first kappa shape index (κ1) is 21.7. The fraction of sp³-hybridized carbons (Fsp3) is 0.682. The molecule has 162 valence electrons. The highest BCUT2D eigenvalue weighted by molar-refractivity contribution is 5.80. The topological polar surface area (TPSA) is 61.4 Å². The van der Waals surface area contributed by atoms with Crippen molar-refractivity contribution >= 4 is 5.96 Å². The maximum atomic E-state index is 5.39. The number of aliphatic imine (C=N–C) groups is 1. The zero-order chi connectivity index (χ0) is 20.8. The molecule has 0 spiro atoms. The fourth-order valence-electron chi connectivity index (χ4n) is 3.93. The van der Waals surface area contributed by atoms with Crippen molar-refractivity contribution in [2.24, 2.45) is 4.99 Å². The Bertz CT molecular complexity index is 670. The summed E-state index contributed by atoms with van der Waals surface area (Å²) >= 11 is 0. The van der Waals surface area contributed by atoms with Gasteiger partial charge in [-0.05, 0) is 50.9 Å². The van der Waals surface area contributed by atoms with Gasteiger partial charge in [0, 0.05) is 57.4 Å². The van der Waals surface area contributed by atoms with Crippen LogP contribution in [0.1, 0.15) is 31.7 Å². The fourth-order valence-corrected chi connectivity index (χ4v) is 3.93. The van der Waals surface area contributed by atoms with Crippen LogP contribution in [0.2, 0.25) is 0 Å². The van der Waals surface area contributed by atoms with E-state index in [1.165, 1.54) is 18.4 Å². The molecule has 1 saturated heterocycles. The van der Waals surface area contributed by atoms with Crippen molar-refractivity contribution in [2.45, 2.75) is 50.9 Å². The van der Waals surface area contributed by atoms with E-state index in [-0.39, 0.29) is 0 Å². The van der Waals surface area contributed by atoms with Crippen molar-refractivity contribution in [3.05, 3.63) is 23.8 Å². The van der Waals surface area contributed by atoms with Crippen LogP contribution in [-0.4, -0.2) is 81.8 Å².